The Balaban J connectivity index is 1.49. The van der Waals surface area contributed by atoms with Gasteiger partial charge < -0.3 is 14.6 Å². The second-order valence-electron chi connectivity index (χ2n) is 7.18. The molecule has 1 aromatic heterocycles. The number of aromatic nitrogens is 3. The van der Waals surface area contributed by atoms with Crippen LogP contribution in [0.1, 0.15) is 20.7 Å². The van der Waals surface area contributed by atoms with Crippen LogP contribution in [0.5, 0.6) is 5.75 Å². The maximum absolute atomic E-state index is 12.5. The number of thioether (sulfide) groups is 1. The topological polar surface area (TPSA) is 86.1 Å². The van der Waals surface area contributed by atoms with Crippen LogP contribution in [0.25, 0.3) is 11.4 Å². The van der Waals surface area contributed by atoms with Crippen molar-refractivity contribution in [3.8, 4) is 17.1 Å². The molecule has 0 saturated carbocycles. The van der Waals surface area contributed by atoms with Crippen LogP contribution in [-0.2, 0) is 7.05 Å². The summed E-state index contributed by atoms with van der Waals surface area (Å²) in [7, 11) is 3.40. The minimum atomic E-state index is -0.220. The van der Waals surface area contributed by atoms with E-state index in [1.165, 1.54) is 11.8 Å². The summed E-state index contributed by atoms with van der Waals surface area (Å²) >= 11 is 1.34. The van der Waals surface area contributed by atoms with Crippen LogP contribution >= 0.6 is 11.8 Å². The highest BCUT2D eigenvalue weighted by Crippen LogP contribution is 2.31. The molecule has 4 aromatic rings. The van der Waals surface area contributed by atoms with Gasteiger partial charge >= 0.3 is 0 Å². The molecule has 0 saturated heterocycles. The number of rotatable bonds is 8. The van der Waals surface area contributed by atoms with Crippen molar-refractivity contribution in [3.63, 3.8) is 0 Å². The van der Waals surface area contributed by atoms with Crippen LogP contribution in [0, 0.1) is 0 Å². The summed E-state index contributed by atoms with van der Waals surface area (Å²) in [6.07, 6.45) is 0. The highest BCUT2D eigenvalue weighted by atomic mass is 32.2. The average molecular weight is 459 g/mol. The van der Waals surface area contributed by atoms with Gasteiger partial charge in [0.15, 0.2) is 16.8 Å². The summed E-state index contributed by atoms with van der Waals surface area (Å²) in [5.41, 5.74) is 2.56. The molecule has 1 heterocycles. The fraction of sp³-hybridized carbons (Fsp3) is 0.120. The number of amides is 1. The molecule has 4 rings (SSSR count). The van der Waals surface area contributed by atoms with E-state index in [1.807, 2.05) is 54.1 Å². The Morgan fingerprint density at radius 1 is 0.939 bits per heavy atom. The molecule has 166 valence electrons. The third kappa shape index (κ3) is 5.12. The second-order valence-corrected chi connectivity index (χ2v) is 8.12. The number of carbonyl (C=O) groups is 2. The Morgan fingerprint density at radius 2 is 1.61 bits per heavy atom. The van der Waals surface area contributed by atoms with E-state index >= 15 is 0 Å². The lowest BCUT2D eigenvalue weighted by atomic mass is 10.1. The van der Waals surface area contributed by atoms with Crippen LogP contribution < -0.4 is 10.1 Å². The maximum Gasteiger partial charge on any atom is 0.255 e. The predicted molar refractivity (Wildman–Crippen MR) is 129 cm³/mol. The number of benzene rings is 3. The molecular weight excluding hydrogens is 436 g/mol. The molecule has 0 aliphatic heterocycles. The fourth-order valence-corrected chi connectivity index (χ4v) is 4.05. The van der Waals surface area contributed by atoms with Gasteiger partial charge in [0.2, 0.25) is 0 Å². The van der Waals surface area contributed by atoms with Crippen molar-refractivity contribution in [2.45, 2.75) is 5.16 Å². The zero-order valence-corrected chi connectivity index (χ0v) is 19.0. The van der Waals surface area contributed by atoms with Gasteiger partial charge in [-0.25, -0.2) is 0 Å². The first kappa shape index (κ1) is 22.3. The third-order valence-corrected chi connectivity index (χ3v) is 6.03. The molecule has 3 aromatic carbocycles. The lowest BCUT2D eigenvalue weighted by molar-refractivity contribution is 0.101. The molecule has 0 aliphatic rings. The van der Waals surface area contributed by atoms with Crippen molar-refractivity contribution in [2.75, 3.05) is 18.2 Å². The molecule has 7 nitrogen and oxygen atoms in total. The van der Waals surface area contributed by atoms with E-state index in [2.05, 4.69) is 15.5 Å². The first-order chi connectivity index (χ1) is 16.1. The number of hydrogen-bond donors (Lipinski definition) is 1. The largest absolute Gasteiger partial charge is 0.495 e. The van der Waals surface area contributed by atoms with Crippen molar-refractivity contribution >= 4 is 29.1 Å². The summed E-state index contributed by atoms with van der Waals surface area (Å²) in [5.74, 6) is 1.22. The Morgan fingerprint density at radius 3 is 2.27 bits per heavy atom. The number of nitrogens with zero attached hydrogens (tertiary/aromatic N) is 3. The van der Waals surface area contributed by atoms with Gasteiger partial charge in [0.1, 0.15) is 5.75 Å². The number of nitrogens with one attached hydrogen (secondary N) is 1. The smallest absolute Gasteiger partial charge is 0.255 e. The number of ketones is 1. The van der Waals surface area contributed by atoms with Crippen LogP contribution in [0.4, 0.5) is 5.69 Å². The van der Waals surface area contributed by atoms with Crippen molar-refractivity contribution in [1.29, 1.82) is 0 Å². The number of Topliss-reactive ketones (excluding diaryl/α,β-unsaturated/α-hetero) is 1. The predicted octanol–water partition coefficient (Wildman–Crippen LogP) is 4.72. The van der Waals surface area contributed by atoms with Crippen LogP contribution in [0.2, 0.25) is 0 Å². The van der Waals surface area contributed by atoms with Gasteiger partial charge in [-0.1, -0.05) is 60.3 Å². The Labute approximate surface area is 195 Å². The number of ether oxygens (including phenoxy) is 1. The Kier molecular flexibility index (Phi) is 6.85. The highest BCUT2D eigenvalue weighted by Gasteiger charge is 2.16. The lowest BCUT2D eigenvalue weighted by Gasteiger charge is -2.12. The molecule has 0 aliphatic carbocycles. The van der Waals surface area contributed by atoms with E-state index in [-0.39, 0.29) is 17.4 Å². The van der Waals surface area contributed by atoms with Crippen molar-refractivity contribution in [1.82, 2.24) is 14.8 Å². The normalized spacial score (nSPS) is 10.6. The molecular formula is C25H22N4O3S. The van der Waals surface area contributed by atoms with Crippen molar-refractivity contribution in [3.05, 3.63) is 90.0 Å². The quantitative estimate of drug-likeness (QED) is 0.304. The molecule has 1 N–H and O–H groups in total. The molecule has 1 amide bonds. The first-order valence-corrected chi connectivity index (χ1v) is 11.2. The molecule has 33 heavy (non-hydrogen) atoms. The Bertz CT molecular complexity index is 1270. The van der Waals surface area contributed by atoms with E-state index in [0.29, 0.717) is 33.5 Å². The van der Waals surface area contributed by atoms with Gasteiger partial charge in [-0.2, -0.15) is 0 Å². The van der Waals surface area contributed by atoms with Gasteiger partial charge in [-0.15, -0.1) is 10.2 Å². The van der Waals surface area contributed by atoms with E-state index in [1.54, 1.807) is 43.5 Å². The first-order valence-electron chi connectivity index (χ1n) is 10.2. The standard InChI is InChI=1S/C25H22N4O3S/c1-29-23(27-28-25(29)33-16-21(30)17-9-5-3-6-10-17)19-13-14-20(22(15-19)32-2)26-24(31)18-11-7-4-8-12-18/h3-15H,16H2,1-2H3,(H,26,31). The molecule has 0 unspecified atom stereocenters. The minimum Gasteiger partial charge on any atom is -0.495 e. The number of carbonyl (C=O) groups excluding carboxylic acids is 2. The lowest BCUT2D eigenvalue weighted by Crippen LogP contribution is -2.12. The maximum atomic E-state index is 12.5. The van der Waals surface area contributed by atoms with E-state index < -0.39 is 0 Å². The fourth-order valence-electron chi connectivity index (χ4n) is 3.25. The summed E-state index contributed by atoms with van der Waals surface area (Å²) in [4.78, 5) is 24.9. The minimum absolute atomic E-state index is 0.0327. The average Bonchev–Trinajstić information content (AvgIpc) is 3.23. The molecule has 0 radical (unpaired) electrons. The van der Waals surface area contributed by atoms with Gasteiger partial charge in [0.05, 0.1) is 18.6 Å². The summed E-state index contributed by atoms with van der Waals surface area (Å²) in [6, 6.07) is 23.6. The van der Waals surface area contributed by atoms with Gasteiger partial charge in [-0.3, -0.25) is 9.59 Å². The number of methoxy groups -OCH3 is 1. The van der Waals surface area contributed by atoms with E-state index in [4.69, 9.17) is 4.74 Å². The zero-order chi connectivity index (χ0) is 23.2. The van der Waals surface area contributed by atoms with Crippen LogP contribution in [0.3, 0.4) is 0 Å². The number of hydrogen-bond acceptors (Lipinski definition) is 6. The zero-order valence-electron chi connectivity index (χ0n) is 18.2. The highest BCUT2D eigenvalue weighted by molar-refractivity contribution is 7.99. The number of anilines is 1. The molecule has 0 spiro atoms. The van der Waals surface area contributed by atoms with Gasteiger partial charge in [0, 0.05) is 23.7 Å². The van der Waals surface area contributed by atoms with Crippen LogP contribution in [0.15, 0.2) is 84.0 Å². The van der Waals surface area contributed by atoms with Gasteiger partial charge in [-0.05, 0) is 30.3 Å². The van der Waals surface area contributed by atoms with E-state index in [9.17, 15) is 9.59 Å². The van der Waals surface area contributed by atoms with Crippen molar-refractivity contribution < 1.29 is 14.3 Å². The second kappa shape index (κ2) is 10.1. The molecule has 8 heteroatoms. The Hall–Kier alpha value is -3.91. The van der Waals surface area contributed by atoms with Gasteiger partial charge in [0.25, 0.3) is 5.91 Å². The SMILES string of the molecule is COc1cc(-c2nnc(SCC(=O)c3ccccc3)n2C)ccc1NC(=O)c1ccccc1. The van der Waals surface area contributed by atoms with Crippen molar-refractivity contribution in [2.24, 2.45) is 7.05 Å². The summed E-state index contributed by atoms with van der Waals surface area (Å²) in [5, 5.41) is 12.0. The summed E-state index contributed by atoms with van der Waals surface area (Å²) < 4.78 is 7.33. The molecule has 0 fully saturated rings. The van der Waals surface area contributed by atoms with Crippen LogP contribution in [-0.4, -0.2) is 39.3 Å². The monoisotopic (exact) mass is 458 g/mol. The molecule has 0 atom stereocenters. The summed E-state index contributed by atoms with van der Waals surface area (Å²) in [6.45, 7) is 0. The van der Waals surface area contributed by atoms with E-state index in [0.717, 1.165) is 5.56 Å². The molecule has 0 bridgehead atoms. The third-order valence-electron chi connectivity index (χ3n) is 5.01.